The van der Waals surface area contributed by atoms with Crippen LogP contribution >= 0.6 is 0 Å². The van der Waals surface area contributed by atoms with E-state index in [1.807, 2.05) is 23.6 Å². The molecule has 3 nitrogen and oxygen atoms in total. The maximum Gasteiger partial charge on any atom is 0.140 e. The fourth-order valence-corrected chi connectivity index (χ4v) is 1.60. The molecule has 0 atom stereocenters. The third kappa shape index (κ3) is 1.31. The van der Waals surface area contributed by atoms with Crippen molar-refractivity contribution in [1.82, 2.24) is 9.55 Å². The Morgan fingerprint density at radius 3 is 3.15 bits per heavy atom. The number of fused-ring (bicyclic) bond motifs is 1. The van der Waals surface area contributed by atoms with Crippen molar-refractivity contribution in [2.45, 2.75) is 13.5 Å². The van der Waals surface area contributed by atoms with Gasteiger partial charge in [0.2, 0.25) is 0 Å². The van der Waals surface area contributed by atoms with Crippen LogP contribution in [0.25, 0.3) is 11.0 Å². The molecule has 68 valence electrons. The van der Waals surface area contributed by atoms with E-state index >= 15 is 0 Å². The number of hydrogen-bond donors (Lipinski definition) is 1. The summed E-state index contributed by atoms with van der Waals surface area (Å²) in [5.74, 6) is 0. The largest absolute Gasteiger partial charge is 0.395 e. The molecule has 0 saturated heterocycles. The van der Waals surface area contributed by atoms with E-state index in [1.54, 1.807) is 6.20 Å². The number of aromatic nitrogens is 2. The van der Waals surface area contributed by atoms with Crippen LogP contribution in [-0.4, -0.2) is 21.3 Å². The van der Waals surface area contributed by atoms with E-state index in [2.05, 4.69) is 11.1 Å². The Labute approximate surface area is 76.6 Å². The molecule has 2 aromatic rings. The fraction of sp³-hybridized carbons (Fsp3) is 0.300. The van der Waals surface area contributed by atoms with Gasteiger partial charge in [-0.05, 0) is 25.1 Å². The van der Waals surface area contributed by atoms with Gasteiger partial charge >= 0.3 is 0 Å². The van der Waals surface area contributed by atoms with E-state index < -0.39 is 0 Å². The predicted octanol–water partition coefficient (Wildman–Crippen LogP) is 1.34. The molecule has 2 rings (SSSR count). The second-order valence-electron chi connectivity index (χ2n) is 3.08. The quantitative estimate of drug-likeness (QED) is 0.749. The Balaban J connectivity index is 2.64. The van der Waals surface area contributed by atoms with Crippen molar-refractivity contribution in [3.05, 3.63) is 30.1 Å². The molecule has 3 heteroatoms. The minimum atomic E-state index is 0.154. The van der Waals surface area contributed by atoms with E-state index in [0.29, 0.717) is 6.54 Å². The first-order chi connectivity index (χ1) is 6.33. The van der Waals surface area contributed by atoms with Crippen molar-refractivity contribution in [2.75, 3.05) is 6.61 Å². The summed E-state index contributed by atoms with van der Waals surface area (Å²) in [5.41, 5.74) is 2.09. The lowest BCUT2D eigenvalue weighted by Gasteiger charge is -2.03. The lowest BCUT2D eigenvalue weighted by molar-refractivity contribution is 0.277. The summed E-state index contributed by atoms with van der Waals surface area (Å²) in [6, 6.07) is 6.03. The van der Waals surface area contributed by atoms with Crippen LogP contribution in [0.2, 0.25) is 0 Å². The molecule has 0 spiro atoms. The maximum absolute atomic E-state index is 8.87. The van der Waals surface area contributed by atoms with Gasteiger partial charge in [-0.25, -0.2) is 4.98 Å². The molecule has 1 N–H and O–H groups in total. The Kier molecular flexibility index (Phi) is 2.02. The van der Waals surface area contributed by atoms with Crippen LogP contribution in [0.5, 0.6) is 0 Å². The van der Waals surface area contributed by atoms with E-state index in [-0.39, 0.29) is 6.61 Å². The van der Waals surface area contributed by atoms with Crippen molar-refractivity contribution >= 4 is 11.0 Å². The van der Waals surface area contributed by atoms with Crippen LogP contribution in [0, 0.1) is 6.92 Å². The summed E-state index contributed by atoms with van der Waals surface area (Å²) >= 11 is 0. The lowest BCUT2D eigenvalue weighted by atomic mass is 10.3. The van der Waals surface area contributed by atoms with Gasteiger partial charge < -0.3 is 9.67 Å². The van der Waals surface area contributed by atoms with Crippen LogP contribution < -0.4 is 0 Å². The molecule has 0 aliphatic heterocycles. The number of aliphatic hydroxyl groups excluding tert-OH is 1. The van der Waals surface area contributed by atoms with Crippen molar-refractivity contribution in [3.8, 4) is 0 Å². The Bertz CT molecular complexity index is 420. The number of nitrogens with zero attached hydrogens (tertiary/aromatic N) is 2. The summed E-state index contributed by atoms with van der Waals surface area (Å²) in [6.45, 7) is 2.80. The number of pyridine rings is 1. The van der Waals surface area contributed by atoms with Crippen molar-refractivity contribution in [3.63, 3.8) is 0 Å². The van der Waals surface area contributed by atoms with Crippen LogP contribution in [0.1, 0.15) is 5.69 Å². The molecule has 0 aromatic carbocycles. The molecule has 2 aromatic heterocycles. The summed E-state index contributed by atoms with van der Waals surface area (Å²) < 4.78 is 2.02. The molecule has 0 saturated carbocycles. The Hall–Kier alpha value is -1.35. The van der Waals surface area contributed by atoms with E-state index in [4.69, 9.17) is 5.11 Å². The second-order valence-corrected chi connectivity index (χ2v) is 3.08. The summed E-state index contributed by atoms with van der Waals surface area (Å²) in [4.78, 5) is 4.27. The maximum atomic E-state index is 8.87. The first-order valence-corrected chi connectivity index (χ1v) is 4.34. The van der Waals surface area contributed by atoms with Crippen LogP contribution in [0.3, 0.4) is 0 Å². The number of aryl methyl sites for hydroxylation is 1. The SMILES string of the molecule is Cc1cc2cccnc2n1CCO. The monoisotopic (exact) mass is 176 g/mol. The molecule has 0 fully saturated rings. The Morgan fingerprint density at radius 2 is 2.38 bits per heavy atom. The van der Waals surface area contributed by atoms with Gasteiger partial charge in [0.15, 0.2) is 0 Å². The molecule has 0 radical (unpaired) electrons. The standard InChI is InChI=1S/C10H12N2O/c1-8-7-9-3-2-4-11-10(9)12(8)5-6-13/h2-4,7,13H,5-6H2,1H3. The normalized spacial score (nSPS) is 10.9. The minimum Gasteiger partial charge on any atom is -0.395 e. The highest BCUT2D eigenvalue weighted by Gasteiger charge is 2.04. The van der Waals surface area contributed by atoms with Crippen LogP contribution in [-0.2, 0) is 6.54 Å². The molecule has 13 heavy (non-hydrogen) atoms. The first-order valence-electron chi connectivity index (χ1n) is 4.34. The van der Waals surface area contributed by atoms with Gasteiger partial charge in [-0.3, -0.25) is 0 Å². The van der Waals surface area contributed by atoms with E-state index in [9.17, 15) is 0 Å². The van der Waals surface area contributed by atoms with E-state index in [0.717, 1.165) is 16.7 Å². The van der Waals surface area contributed by atoms with E-state index in [1.165, 1.54) is 0 Å². The average Bonchev–Trinajstić information content (AvgIpc) is 2.44. The van der Waals surface area contributed by atoms with Gasteiger partial charge in [-0.2, -0.15) is 0 Å². The molecule has 2 heterocycles. The highest BCUT2D eigenvalue weighted by molar-refractivity contribution is 5.77. The highest BCUT2D eigenvalue weighted by atomic mass is 16.3. The molecular weight excluding hydrogens is 164 g/mol. The third-order valence-electron chi connectivity index (χ3n) is 2.19. The topological polar surface area (TPSA) is 38.0 Å². The van der Waals surface area contributed by atoms with Crippen LogP contribution in [0.15, 0.2) is 24.4 Å². The number of aliphatic hydroxyl groups is 1. The molecule has 0 aliphatic carbocycles. The van der Waals surface area contributed by atoms with Crippen LogP contribution in [0.4, 0.5) is 0 Å². The zero-order valence-corrected chi connectivity index (χ0v) is 7.57. The zero-order chi connectivity index (χ0) is 9.26. The number of hydrogen-bond acceptors (Lipinski definition) is 2. The predicted molar refractivity (Wildman–Crippen MR) is 51.6 cm³/mol. The van der Waals surface area contributed by atoms with Gasteiger partial charge in [0.05, 0.1) is 6.61 Å². The van der Waals surface area contributed by atoms with Gasteiger partial charge in [0, 0.05) is 23.8 Å². The van der Waals surface area contributed by atoms with Crippen molar-refractivity contribution in [1.29, 1.82) is 0 Å². The highest BCUT2D eigenvalue weighted by Crippen LogP contribution is 2.16. The van der Waals surface area contributed by atoms with Gasteiger partial charge in [-0.1, -0.05) is 0 Å². The smallest absolute Gasteiger partial charge is 0.140 e. The number of rotatable bonds is 2. The lowest BCUT2D eigenvalue weighted by Crippen LogP contribution is -2.04. The molecule has 0 amide bonds. The molecule has 0 aliphatic rings. The minimum absolute atomic E-state index is 0.154. The third-order valence-corrected chi connectivity index (χ3v) is 2.19. The zero-order valence-electron chi connectivity index (χ0n) is 7.57. The molecular formula is C10H12N2O. The summed E-state index contributed by atoms with van der Waals surface area (Å²) in [6.07, 6.45) is 1.77. The van der Waals surface area contributed by atoms with Crippen molar-refractivity contribution < 1.29 is 5.11 Å². The second kappa shape index (κ2) is 3.18. The van der Waals surface area contributed by atoms with Gasteiger partial charge in [0.25, 0.3) is 0 Å². The van der Waals surface area contributed by atoms with Crippen molar-refractivity contribution in [2.24, 2.45) is 0 Å². The first kappa shape index (κ1) is 8.26. The van der Waals surface area contributed by atoms with Gasteiger partial charge in [-0.15, -0.1) is 0 Å². The molecule has 0 unspecified atom stereocenters. The molecule has 0 bridgehead atoms. The summed E-state index contributed by atoms with van der Waals surface area (Å²) in [7, 11) is 0. The fourth-order valence-electron chi connectivity index (χ4n) is 1.60. The Morgan fingerprint density at radius 1 is 1.54 bits per heavy atom. The summed E-state index contributed by atoms with van der Waals surface area (Å²) in [5, 5.41) is 10.0. The average molecular weight is 176 g/mol. The van der Waals surface area contributed by atoms with Gasteiger partial charge in [0.1, 0.15) is 5.65 Å².